The molecular formula is C31H53N9O9. The summed E-state index contributed by atoms with van der Waals surface area (Å²) >= 11 is 0. The molecule has 1 aliphatic rings. The van der Waals surface area contributed by atoms with Gasteiger partial charge in [-0.3, -0.25) is 43.2 Å². The minimum atomic E-state index is -1.27. The zero-order chi connectivity index (χ0) is 37.6. The SMILES string of the molecule is CC[C@@H](C)[C@@H](NC(=O)[C@@H]1CCCN1C(=O)CNC(=O)[C@H](C)NC(=O)[C@H](CCC(N)=O)NC(=O)[C@@H](NC(C)=O)C(C)C)C(=O)N[C@H](C)C(N)=O. The van der Waals surface area contributed by atoms with Crippen molar-refractivity contribution in [2.24, 2.45) is 23.3 Å². The second kappa shape index (κ2) is 19.9. The smallest absolute Gasteiger partial charge is 0.243 e. The van der Waals surface area contributed by atoms with Crippen LogP contribution in [0.25, 0.3) is 0 Å². The van der Waals surface area contributed by atoms with Crippen LogP contribution >= 0.6 is 0 Å². The van der Waals surface area contributed by atoms with Crippen molar-refractivity contribution in [3.8, 4) is 0 Å². The lowest BCUT2D eigenvalue weighted by atomic mass is 9.97. The predicted octanol–water partition coefficient (Wildman–Crippen LogP) is -2.97. The number of hydrogen-bond acceptors (Lipinski definition) is 9. The van der Waals surface area contributed by atoms with Crippen LogP contribution < -0.4 is 43.4 Å². The summed E-state index contributed by atoms with van der Waals surface area (Å²) in [5, 5.41) is 15.1. The third-order valence-electron chi connectivity index (χ3n) is 8.24. The summed E-state index contributed by atoms with van der Waals surface area (Å²) in [5.74, 6) is -6.46. The standard InChI is InChI=1S/C31H53N9O9/c1-8-16(4)25(31(49)35-17(5)26(33)44)39-29(47)21-10-9-13-40(21)23(43)14-34-27(45)18(6)36-28(46)20(11-12-22(32)42)38-30(48)24(15(2)3)37-19(7)41/h15-18,20-21,24-25H,8-14H2,1-7H3,(H2,32,42)(H2,33,44)(H,34,45)(H,35,49)(H,36,46)(H,37,41)(H,38,48)(H,39,47)/t16-,17-,18+,20+,21+,24+,25-/m1/s1. The van der Waals surface area contributed by atoms with Crippen molar-refractivity contribution in [2.75, 3.05) is 13.1 Å². The Morgan fingerprint density at radius 3 is 1.88 bits per heavy atom. The Labute approximate surface area is 286 Å². The number of nitrogens with two attached hydrogens (primary N) is 2. The summed E-state index contributed by atoms with van der Waals surface area (Å²) in [5.41, 5.74) is 10.5. The molecule has 10 N–H and O–H groups in total. The Hall–Kier alpha value is -4.77. The molecule has 0 aliphatic carbocycles. The molecule has 18 nitrogen and oxygen atoms in total. The number of nitrogens with zero attached hydrogens (tertiary/aromatic N) is 1. The first-order valence-electron chi connectivity index (χ1n) is 16.4. The van der Waals surface area contributed by atoms with Gasteiger partial charge in [-0.1, -0.05) is 34.1 Å². The van der Waals surface area contributed by atoms with Crippen LogP contribution in [0, 0.1) is 11.8 Å². The van der Waals surface area contributed by atoms with Crippen molar-refractivity contribution in [1.29, 1.82) is 0 Å². The first kappa shape index (κ1) is 42.3. The number of likely N-dealkylation sites (tertiary alicyclic amines) is 1. The number of carbonyl (C=O) groups excluding carboxylic acids is 9. The highest BCUT2D eigenvalue weighted by Gasteiger charge is 2.37. The van der Waals surface area contributed by atoms with Crippen LogP contribution in [0.1, 0.15) is 80.6 Å². The van der Waals surface area contributed by atoms with E-state index in [2.05, 4.69) is 31.9 Å². The maximum Gasteiger partial charge on any atom is 0.243 e. The molecule has 1 rings (SSSR count). The molecule has 7 atom stereocenters. The molecule has 1 aliphatic heterocycles. The fourth-order valence-electron chi connectivity index (χ4n) is 5.03. The van der Waals surface area contributed by atoms with Crippen molar-refractivity contribution in [3.63, 3.8) is 0 Å². The zero-order valence-electron chi connectivity index (χ0n) is 29.3. The minimum absolute atomic E-state index is 0.174. The molecule has 0 radical (unpaired) electrons. The second-order valence-electron chi connectivity index (χ2n) is 12.7. The van der Waals surface area contributed by atoms with Crippen molar-refractivity contribution in [3.05, 3.63) is 0 Å². The molecule has 0 spiro atoms. The summed E-state index contributed by atoms with van der Waals surface area (Å²) in [7, 11) is 0. The minimum Gasteiger partial charge on any atom is -0.370 e. The van der Waals surface area contributed by atoms with E-state index >= 15 is 0 Å². The lowest BCUT2D eigenvalue weighted by molar-refractivity contribution is -0.140. The fraction of sp³-hybridized carbons (Fsp3) is 0.710. The van der Waals surface area contributed by atoms with Gasteiger partial charge in [0, 0.05) is 19.9 Å². The molecule has 0 bridgehead atoms. The van der Waals surface area contributed by atoms with Gasteiger partial charge < -0.3 is 48.3 Å². The van der Waals surface area contributed by atoms with E-state index in [0.29, 0.717) is 19.3 Å². The van der Waals surface area contributed by atoms with E-state index in [0.717, 1.165) is 0 Å². The lowest BCUT2D eigenvalue weighted by Crippen LogP contribution is -2.58. The van der Waals surface area contributed by atoms with E-state index in [1.807, 2.05) is 6.92 Å². The van der Waals surface area contributed by atoms with Crippen molar-refractivity contribution >= 4 is 53.2 Å². The molecule has 0 aromatic heterocycles. The van der Waals surface area contributed by atoms with Crippen LogP contribution in [0.4, 0.5) is 0 Å². The average molecular weight is 696 g/mol. The van der Waals surface area contributed by atoms with E-state index in [1.54, 1.807) is 20.8 Å². The third kappa shape index (κ3) is 13.7. The van der Waals surface area contributed by atoms with Crippen molar-refractivity contribution in [1.82, 2.24) is 36.8 Å². The van der Waals surface area contributed by atoms with Gasteiger partial charge in [0.25, 0.3) is 0 Å². The summed E-state index contributed by atoms with van der Waals surface area (Å²) < 4.78 is 0. The van der Waals surface area contributed by atoms with Crippen LogP contribution in [-0.2, 0) is 43.2 Å². The summed E-state index contributed by atoms with van der Waals surface area (Å²) in [6.07, 6.45) is 0.932. The topological polar surface area (TPSA) is 281 Å². The van der Waals surface area contributed by atoms with E-state index in [4.69, 9.17) is 11.5 Å². The normalized spacial score (nSPS) is 17.7. The molecule has 1 heterocycles. The van der Waals surface area contributed by atoms with E-state index in [1.165, 1.54) is 25.7 Å². The van der Waals surface area contributed by atoms with Gasteiger partial charge in [0.05, 0.1) is 6.54 Å². The molecule has 1 saturated heterocycles. The van der Waals surface area contributed by atoms with E-state index in [9.17, 15) is 43.2 Å². The van der Waals surface area contributed by atoms with Crippen LogP contribution in [-0.4, -0.2) is 107 Å². The van der Waals surface area contributed by atoms with Gasteiger partial charge >= 0.3 is 0 Å². The fourth-order valence-corrected chi connectivity index (χ4v) is 5.03. The second-order valence-corrected chi connectivity index (χ2v) is 12.7. The summed E-state index contributed by atoms with van der Waals surface area (Å²) in [6.45, 7) is 10.7. The maximum absolute atomic E-state index is 13.3. The molecule has 0 saturated carbocycles. The van der Waals surface area contributed by atoms with Crippen LogP contribution in [0.2, 0.25) is 0 Å². The molecule has 18 heteroatoms. The highest BCUT2D eigenvalue weighted by Crippen LogP contribution is 2.19. The highest BCUT2D eigenvalue weighted by atomic mass is 16.2. The lowest BCUT2D eigenvalue weighted by Gasteiger charge is -2.29. The summed E-state index contributed by atoms with van der Waals surface area (Å²) in [4.78, 5) is 114. The molecule has 1 fully saturated rings. The number of carbonyl (C=O) groups is 9. The third-order valence-corrected chi connectivity index (χ3v) is 8.24. The Morgan fingerprint density at radius 2 is 1.35 bits per heavy atom. The van der Waals surface area contributed by atoms with E-state index < -0.39 is 96.0 Å². The Bertz CT molecular complexity index is 1260. The van der Waals surface area contributed by atoms with Gasteiger partial charge in [-0.05, 0) is 44.9 Å². The van der Waals surface area contributed by atoms with Gasteiger partial charge in [0.15, 0.2) is 0 Å². The molecule has 49 heavy (non-hydrogen) atoms. The van der Waals surface area contributed by atoms with Crippen LogP contribution in [0.15, 0.2) is 0 Å². The maximum atomic E-state index is 13.3. The number of primary amides is 2. The number of amides is 9. The number of rotatable bonds is 19. The van der Waals surface area contributed by atoms with Crippen molar-refractivity contribution < 1.29 is 43.2 Å². The average Bonchev–Trinajstić information content (AvgIpc) is 3.52. The molecule has 276 valence electrons. The van der Waals surface area contributed by atoms with E-state index in [-0.39, 0.29) is 31.2 Å². The molecule has 0 aromatic carbocycles. The number of nitrogens with one attached hydrogen (secondary N) is 6. The predicted molar refractivity (Wildman–Crippen MR) is 176 cm³/mol. The number of hydrogen-bond donors (Lipinski definition) is 8. The largest absolute Gasteiger partial charge is 0.370 e. The van der Waals surface area contributed by atoms with Gasteiger partial charge in [-0.25, -0.2) is 0 Å². The highest BCUT2D eigenvalue weighted by molar-refractivity contribution is 5.97. The molecular weight excluding hydrogens is 642 g/mol. The first-order chi connectivity index (χ1) is 22.8. The zero-order valence-corrected chi connectivity index (χ0v) is 29.3. The monoisotopic (exact) mass is 695 g/mol. The Balaban J connectivity index is 2.88. The first-order valence-corrected chi connectivity index (χ1v) is 16.4. The molecule has 0 aromatic rings. The van der Waals surface area contributed by atoms with Gasteiger partial charge in [-0.15, -0.1) is 0 Å². The van der Waals surface area contributed by atoms with Gasteiger partial charge in [0.2, 0.25) is 53.2 Å². The summed E-state index contributed by atoms with van der Waals surface area (Å²) in [6, 6.07) is -6.26. The van der Waals surface area contributed by atoms with Gasteiger partial charge in [0.1, 0.15) is 36.3 Å². The van der Waals surface area contributed by atoms with Crippen LogP contribution in [0.5, 0.6) is 0 Å². The molecule has 9 amide bonds. The Kier molecular flexibility index (Phi) is 17.2. The quantitative estimate of drug-likeness (QED) is 0.0684. The van der Waals surface area contributed by atoms with Crippen LogP contribution in [0.3, 0.4) is 0 Å². The molecule has 0 unspecified atom stereocenters. The Morgan fingerprint density at radius 1 is 0.755 bits per heavy atom. The van der Waals surface area contributed by atoms with Crippen molar-refractivity contribution in [2.45, 2.75) is 117 Å². The van der Waals surface area contributed by atoms with Gasteiger partial charge in [-0.2, -0.15) is 0 Å².